The van der Waals surface area contributed by atoms with Crippen LogP contribution in [0.3, 0.4) is 0 Å². The highest BCUT2D eigenvalue weighted by Crippen LogP contribution is 2.35. The molecule has 92 valence electrons. The molecule has 0 radical (unpaired) electrons. The largest absolute Gasteiger partial charge is 0.358 e. The molecule has 0 aliphatic carbocycles. The summed E-state index contributed by atoms with van der Waals surface area (Å²) in [6, 6.07) is 8.56. The number of benzene rings is 1. The normalized spacial score (nSPS) is 20.2. The summed E-state index contributed by atoms with van der Waals surface area (Å²) in [7, 11) is 2.14. The Morgan fingerprint density at radius 3 is 2.29 bits per heavy atom. The van der Waals surface area contributed by atoms with Crippen LogP contribution in [0.1, 0.15) is 26.3 Å². The summed E-state index contributed by atoms with van der Waals surface area (Å²) in [5, 5.41) is 0. The number of para-hydroxylation sites is 1. The van der Waals surface area contributed by atoms with E-state index in [9.17, 15) is 0 Å². The van der Waals surface area contributed by atoms with Gasteiger partial charge in [0.25, 0.3) is 0 Å². The van der Waals surface area contributed by atoms with Crippen molar-refractivity contribution in [2.24, 2.45) is 5.41 Å². The molecule has 1 aromatic carbocycles. The SMILES string of the molecule is Cc1ccccc1N1C=CN(C)[C@@H]1C(C)(C)C. The summed E-state index contributed by atoms with van der Waals surface area (Å²) in [6.45, 7) is 9.02. The van der Waals surface area contributed by atoms with Gasteiger partial charge in [-0.3, -0.25) is 0 Å². The minimum absolute atomic E-state index is 0.209. The van der Waals surface area contributed by atoms with Crippen LogP contribution < -0.4 is 4.90 Å². The van der Waals surface area contributed by atoms with Gasteiger partial charge in [0.2, 0.25) is 0 Å². The van der Waals surface area contributed by atoms with Crippen LogP contribution in [0.5, 0.6) is 0 Å². The third kappa shape index (κ3) is 2.17. The molecule has 1 aromatic rings. The first-order valence-electron chi connectivity index (χ1n) is 6.15. The van der Waals surface area contributed by atoms with E-state index in [1.807, 2.05) is 0 Å². The molecule has 1 atom stereocenters. The Morgan fingerprint density at radius 2 is 1.71 bits per heavy atom. The Kier molecular flexibility index (Phi) is 2.90. The Labute approximate surface area is 105 Å². The molecule has 0 unspecified atom stereocenters. The molecule has 0 fully saturated rings. The number of aryl methyl sites for hydroxylation is 1. The minimum atomic E-state index is 0.209. The van der Waals surface area contributed by atoms with E-state index in [1.54, 1.807) is 0 Å². The van der Waals surface area contributed by atoms with E-state index >= 15 is 0 Å². The molecule has 17 heavy (non-hydrogen) atoms. The van der Waals surface area contributed by atoms with Gasteiger partial charge in [-0.15, -0.1) is 0 Å². The molecular formula is C15H22N2. The lowest BCUT2D eigenvalue weighted by molar-refractivity contribution is 0.190. The summed E-state index contributed by atoms with van der Waals surface area (Å²) in [6.07, 6.45) is 4.71. The second-order valence-corrected chi connectivity index (χ2v) is 5.90. The van der Waals surface area contributed by atoms with Crippen LogP contribution in [0.15, 0.2) is 36.7 Å². The highest BCUT2D eigenvalue weighted by molar-refractivity contribution is 5.57. The Morgan fingerprint density at radius 1 is 1.06 bits per heavy atom. The van der Waals surface area contributed by atoms with Crippen molar-refractivity contribution in [1.82, 2.24) is 4.90 Å². The van der Waals surface area contributed by atoms with Crippen molar-refractivity contribution >= 4 is 5.69 Å². The lowest BCUT2D eigenvalue weighted by Gasteiger charge is -2.40. The highest BCUT2D eigenvalue weighted by Gasteiger charge is 2.35. The molecular weight excluding hydrogens is 208 g/mol. The van der Waals surface area contributed by atoms with Gasteiger partial charge in [0.1, 0.15) is 6.17 Å². The number of anilines is 1. The lowest BCUT2D eigenvalue weighted by atomic mass is 9.90. The zero-order valence-corrected chi connectivity index (χ0v) is 11.4. The van der Waals surface area contributed by atoms with Crippen LogP contribution in [-0.4, -0.2) is 18.1 Å². The number of nitrogens with zero attached hydrogens (tertiary/aromatic N) is 2. The van der Waals surface area contributed by atoms with Gasteiger partial charge in [0.15, 0.2) is 0 Å². The van der Waals surface area contributed by atoms with E-state index in [1.165, 1.54) is 11.3 Å². The highest BCUT2D eigenvalue weighted by atomic mass is 15.4. The number of rotatable bonds is 1. The standard InChI is InChI=1S/C15H22N2/c1-12-8-6-7-9-13(12)17-11-10-16(5)14(17)15(2,3)4/h6-11,14H,1-5H3/t14-/m0/s1. The van der Waals surface area contributed by atoms with Crippen molar-refractivity contribution in [2.45, 2.75) is 33.9 Å². The Hall–Kier alpha value is -1.44. The number of hydrogen-bond acceptors (Lipinski definition) is 2. The smallest absolute Gasteiger partial charge is 0.110 e. The first-order valence-corrected chi connectivity index (χ1v) is 6.15. The molecule has 0 N–H and O–H groups in total. The molecule has 1 heterocycles. The van der Waals surface area contributed by atoms with E-state index in [4.69, 9.17) is 0 Å². The second-order valence-electron chi connectivity index (χ2n) is 5.90. The minimum Gasteiger partial charge on any atom is -0.358 e. The van der Waals surface area contributed by atoms with Gasteiger partial charge in [-0.25, -0.2) is 0 Å². The van der Waals surface area contributed by atoms with Crippen LogP contribution in [0.2, 0.25) is 0 Å². The van der Waals surface area contributed by atoms with E-state index in [0.717, 1.165) is 0 Å². The average molecular weight is 230 g/mol. The van der Waals surface area contributed by atoms with Crippen molar-refractivity contribution in [3.05, 3.63) is 42.2 Å². The van der Waals surface area contributed by atoms with Gasteiger partial charge < -0.3 is 9.80 Å². The van der Waals surface area contributed by atoms with Gasteiger partial charge in [0, 0.05) is 30.5 Å². The molecule has 2 nitrogen and oxygen atoms in total. The third-order valence-corrected chi connectivity index (χ3v) is 3.28. The predicted molar refractivity (Wildman–Crippen MR) is 73.8 cm³/mol. The van der Waals surface area contributed by atoms with Gasteiger partial charge in [-0.2, -0.15) is 0 Å². The Bertz CT molecular complexity index is 429. The van der Waals surface area contributed by atoms with Gasteiger partial charge >= 0.3 is 0 Å². The maximum absolute atomic E-state index is 2.37. The van der Waals surface area contributed by atoms with E-state index < -0.39 is 0 Å². The fourth-order valence-corrected chi connectivity index (χ4v) is 2.63. The summed E-state index contributed by atoms with van der Waals surface area (Å²) in [5.41, 5.74) is 2.83. The van der Waals surface area contributed by atoms with Gasteiger partial charge in [0.05, 0.1) is 0 Å². The van der Waals surface area contributed by atoms with E-state index in [2.05, 4.69) is 81.2 Å². The molecule has 2 rings (SSSR count). The first-order chi connectivity index (χ1) is 7.91. The van der Waals surface area contributed by atoms with Crippen molar-refractivity contribution in [1.29, 1.82) is 0 Å². The monoisotopic (exact) mass is 230 g/mol. The third-order valence-electron chi connectivity index (χ3n) is 3.28. The van der Waals surface area contributed by atoms with Crippen LogP contribution in [0, 0.1) is 12.3 Å². The maximum atomic E-state index is 2.37. The maximum Gasteiger partial charge on any atom is 0.110 e. The molecule has 0 aromatic heterocycles. The molecule has 0 amide bonds. The van der Waals surface area contributed by atoms with Crippen molar-refractivity contribution in [2.75, 3.05) is 11.9 Å². The molecule has 0 bridgehead atoms. The summed E-state index contributed by atoms with van der Waals surface area (Å²) < 4.78 is 0. The molecule has 0 saturated carbocycles. The molecule has 0 spiro atoms. The molecule has 1 aliphatic heterocycles. The van der Waals surface area contributed by atoms with Gasteiger partial charge in [-0.05, 0) is 18.6 Å². The predicted octanol–water partition coefficient (Wildman–Crippen LogP) is 3.59. The van der Waals surface area contributed by atoms with E-state index in [0.29, 0.717) is 6.17 Å². The van der Waals surface area contributed by atoms with Crippen molar-refractivity contribution in [3.8, 4) is 0 Å². The quantitative estimate of drug-likeness (QED) is 0.727. The van der Waals surface area contributed by atoms with E-state index in [-0.39, 0.29) is 5.41 Å². The fourth-order valence-electron chi connectivity index (χ4n) is 2.63. The zero-order chi connectivity index (χ0) is 12.6. The van der Waals surface area contributed by atoms with Crippen LogP contribution >= 0.6 is 0 Å². The molecule has 2 heteroatoms. The van der Waals surface area contributed by atoms with Crippen LogP contribution in [0.4, 0.5) is 5.69 Å². The summed E-state index contributed by atoms with van der Waals surface area (Å²) in [4.78, 5) is 4.65. The topological polar surface area (TPSA) is 6.48 Å². The summed E-state index contributed by atoms with van der Waals surface area (Å²) >= 11 is 0. The van der Waals surface area contributed by atoms with Crippen molar-refractivity contribution in [3.63, 3.8) is 0 Å². The Balaban J connectivity index is 2.39. The lowest BCUT2D eigenvalue weighted by Crippen LogP contribution is -2.46. The fraction of sp³-hybridized carbons (Fsp3) is 0.467. The second kappa shape index (κ2) is 4.10. The van der Waals surface area contributed by atoms with Crippen LogP contribution in [-0.2, 0) is 0 Å². The number of hydrogen-bond donors (Lipinski definition) is 0. The molecule has 0 saturated heterocycles. The van der Waals surface area contributed by atoms with Gasteiger partial charge in [-0.1, -0.05) is 39.0 Å². The van der Waals surface area contributed by atoms with Crippen molar-refractivity contribution < 1.29 is 0 Å². The average Bonchev–Trinajstić information content (AvgIpc) is 2.60. The van der Waals surface area contributed by atoms with Crippen LogP contribution in [0.25, 0.3) is 0 Å². The molecule has 1 aliphatic rings. The first kappa shape index (κ1) is 12.0. The summed E-state index contributed by atoms with van der Waals surface area (Å²) in [5.74, 6) is 0. The zero-order valence-electron chi connectivity index (χ0n) is 11.4.